The van der Waals surface area contributed by atoms with Crippen LogP contribution in [0.1, 0.15) is 20.3 Å². The van der Waals surface area contributed by atoms with E-state index in [0.717, 1.165) is 11.1 Å². The predicted molar refractivity (Wildman–Crippen MR) is 49.4 cm³/mol. The summed E-state index contributed by atoms with van der Waals surface area (Å²) in [6, 6.07) is 0. The van der Waals surface area contributed by atoms with Gasteiger partial charge in [-0.25, -0.2) is 0 Å². The summed E-state index contributed by atoms with van der Waals surface area (Å²) in [6.07, 6.45) is 4.02. The summed E-state index contributed by atoms with van der Waals surface area (Å²) in [5.41, 5.74) is 1.80. The molecule has 62 valence electrons. The van der Waals surface area contributed by atoms with Crippen LogP contribution >= 0.6 is 0 Å². The van der Waals surface area contributed by atoms with Crippen LogP contribution in [0.2, 0.25) is 0 Å². The smallest absolute Gasteiger partial charge is 0.0779 e. The molecule has 11 heavy (non-hydrogen) atoms. The Bertz CT molecular complexity index is 177. The largest absolute Gasteiger partial charge is 0.388 e. The maximum atomic E-state index is 9.26. The molecule has 1 unspecified atom stereocenters. The molecular weight excluding hydrogens is 136 g/mol. The Morgan fingerprint density at radius 1 is 1.45 bits per heavy atom. The number of allylic oxidation sites excluding steroid dienone is 2. The first kappa shape index (κ1) is 10.2. The molecule has 0 aromatic carbocycles. The Labute approximate surface area is 68.7 Å². The van der Waals surface area contributed by atoms with E-state index in [4.69, 9.17) is 0 Å². The van der Waals surface area contributed by atoms with E-state index in [1.807, 2.05) is 26.0 Å². The lowest BCUT2D eigenvalue weighted by Gasteiger charge is -2.05. The Morgan fingerprint density at radius 3 is 2.36 bits per heavy atom. The Hall–Kier alpha value is -0.820. The molecule has 1 nitrogen and oxygen atoms in total. The maximum absolute atomic E-state index is 9.26. The molecule has 0 aliphatic heterocycles. The van der Waals surface area contributed by atoms with Crippen molar-refractivity contribution in [2.75, 3.05) is 0 Å². The van der Waals surface area contributed by atoms with Crippen molar-refractivity contribution in [2.24, 2.45) is 0 Å². The molecular formula is C10H16O. The highest BCUT2D eigenvalue weighted by Crippen LogP contribution is 2.04. The lowest BCUT2D eigenvalue weighted by atomic mass is 10.1. The zero-order valence-corrected chi connectivity index (χ0v) is 7.30. The third-order valence-corrected chi connectivity index (χ3v) is 1.33. The molecule has 0 fully saturated rings. The van der Waals surface area contributed by atoms with Gasteiger partial charge in [-0.2, -0.15) is 0 Å². The molecule has 0 bridgehead atoms. The minimum absolute atomic E-state index is 0.411. The van der Waals surface area contributed by atoms with Crippen LogP contribution in [0.25, 0.3) is 0 Å². The van der Waals surface area contributed by atoms with Gasteiger partial charge in [-0.15, -0.1) is 0 Å². The lowest BCUT2D eigenvalue weighted by molar-refractivity contribution is 0.215. The van der Waals surface area contributed by atoms with Gasteiger partial charge in [-0.05, 0) is 20.3 Å². The Kier molecular flexibility index (Phi) is 4.55. The van der Waals surface area contributed by atoms with Crippen LogP contribution in [0.3, 0.4) is 0 Å². The molecule has 0 spiro atoms. The van der Waals surface area contributed by atoms with Crippen molar-refractivity contribution in [2.45, 2.75) is 26.4 Å². The van der Waals surface area contributed by atoms with E-state index in [1.165, 1.54) is 0 Å². The predicted octanol–water partition coefficient (Wildman–Crippen LogP) is 2.45. The summed E-state index contributed by atoms with van der Waals surface area (Å²) < 4.78 is 0. The highest BCUT2D eigenvalue weighted by atomic mass is 16.3. The third-order valence-electron chi connectivity index (χ3n) is 1.33. The normalized spacial score (nSPS) is 13.4. The van der Waals surface area contributed by atoms with Crippen molar-refractivity contribution in [3.8, 4) is 0 Å². The number of hydrogen-bond acceptors (Lipinski definition) is 1. The minimum Gasteiger partial charge on any atom is -0.388 e. The van der Waals surface area contributed by atoms with Gasteiger partial charge in [0, 0.05) is 0 Å². The van der Waals surface area contributed by atoms with Crippen molar-refractivity contribution in [1.29, 1.82) is 0 Å². The van der Waals surface area contributed by atoms with E-state index < -0.39 is 6.10 Å². The fourth-order valence-corrected chi connectivity index (χ4v) is 0.599. The van der Waals surface area contributed by atoms with Crippen molar-refractivity contribution in [3.63, 3.8) is 0 Å². The average Bonchev–Trinajstić information content (AvgIpc) is 1.86. The Balaban J connectivity index is 3.70. The molecule has 1 N–H and O–H groups in total. The van der Waals surface area contributed by atoms with Crippen LogP contribution in [-0.2, 0) is 0 Å². The van der Waals surface area contributed by atoms with Gasteiger partial charge in [0.15, 0.2) is 0 Å². The summed E-state index contributed by atoms with van der Waals surface area (Å²) in [5.74, 6) is 0. The second-order valence-corrected chi connectivity index (χ2v) is 2.85. The van der Waals surface area contributed by atoms with Gasteiger partial charge in [-0.1, -0.05) is 36.5 Å². The summed E-state index contributed by atoms with van der Waals surface area (Å²) in [4.78, 5) is 0. The molecule has 0 saturated carbocycles. The van der Waals surface area contributed by atoms with E-state index in [0.29, 0.717) is 6.42 Å². The lowest BCUT2D eigenvalue weighted by Crippen LogP contribution is -2.04. The molecule has 1 heteroatoms. The molecule has 0 aliphatic rings. The number of hydrogen-bond donors (Lipinski definition) is 1. The number of aliphatic hydroxyl groups is 1. The van der Waals surface area contributed by atoms with Gasteiger partial charge < -0.3 is 5.11 Å². The van der Waals surface area contributed by atoms with Crippen LogP contribution in [0, 0.1) is 0 Å². The van der Waals surface area contributed by atoms with Gasteiger partial charge in [0.25, 0.3) is 0 Å². The van der Waals surface area contributed by atoms with Gasteiger partial charge in [0.05, 0.1) is 6.10 Å². The van der Waals surface area contributed by atoms with Crippen molar-refractivity contribution in [1.82, 2.24) is 0 Å². The van der Waals surface area contributed by atoms with Crippen molar-refractivity contribution >= 4 is 0 Å². The minimum atomic E-state index is -0.411. The number of aliphatic hydroxyl groups excluding tert-OH is 1. The summed E-state index contributed by atoms with van der Waals surface area (Å²) in [6.45, 7) is 11.1. The van der Waals surface area contributed by atoms with Gasteiger partial charge in [-0.3, -0.25) is 0 Å². The van der Waals surface area contributed by atoms with E-state index in [-0.39, 0.29) is 0 Å². The van der Waals surface area contributed by atoms with Crippen LogP contribution < -0.4 is 0 Å². The van der Waals surface area contributed by atoms with E-state index >= 15 is 0 Å². The fourth-order valence-electron chi connectivity index (χ4n) is 0.599. The number of rotatable bonds is 4. The molecule has 0 amide bonds. The first-order chi connectivity index (χ1) is 5.04. The van der Waals surface area contributed by atoms with E-state index in [1.54, 1.807) is 0 Å². The van der Waals surface area contributed by atoms with Crippen molar-refractivity contribution in [3.05, 3.63) is 36.5 Å². The standard InChI is InChI=1S/C10H16O/c1-8(2)6-5-7-10(11)9(3)4/h5-6,10-11H,1,3,7H2,2,4H3/b6-5+. The molecule has 0 radical (unpaired) electrons. The maximum Gasteiger partial charge on any atom is 0.0779 e. The quantitative estimate of drug-likeness (QED) is 0.484. The SMILES string of the molecule is C=C(C)/C=C/CC(O)C(=C)C. The summed E-state index contributed by atoms with van der Waals surface area (Å²) >= 11 is 0. The van der Waals surface area contributed by atoms with Crippen LogP contribution in [0.15, 0.2) is 36.5 Å². The first-order valence-electron chi connectivity index (χ1n) is 3.69. The highest BCUT2D eigenvalue weighted by Gasteiger charge is 1.99. The summed E-state index contributed by atoms with van der Waals surface area (Å²) in [5, 5.41) is 9.26. The van der Waals surface area contributed by atoms with Crippen LogP contribution in [0.4, 0.5) is 0 Å². The third kappa shape index (κ3) is 5.62. The van der Waals surface area contributed by atoms with Crippen LogP contribution in [-0.4, -0.2) is 11.2 Å². The second-order valence-electron chi connectivity index (χ2n) is 2.85. The van der Waals surface area contributed by atoms with Crippen molar-refractivity contribution < 1.29 is 5.11 Å². The zero-order valence-electron chi connectivity index (χ0n) is 7.30. The zero-order chi connectivity index (χ0) is 8.85. The van der Waals surface area contributed by atoms with Gasteiger partial charge in [0.1, 0.15) is 0 Å². The summed E-state index contributed by atoms with van der Waals surface area (Å²) in [7, 11) is 0. The molecule has 0 aromatic heterocycles. The topological polar surface area (TPSA) is 20.2 Å². The molecule has 0 aliphatic carbocycles. The highest BCUT2D eigenvalue weighted by molar-refractivity contribution is 5.12. The first-order valence-corrected chi connectivity index (χ1v) is 3.69. The average molecular weight is 152 g/mol. The van der Waals surface area contributed by atoms with E-state index in [9.17, 15) is 5.11 Å². The van der Waals surface area contributed by atoms with Crippen LogP contribution in [0.5, 0.6) is 0 Å². The molecule has 0 aromatic rings. The van der Waals surface area contributed by atoms with E-state index in [2.05, 4.69) is 13.2 Å². The molecule has 1 atom stereocenters. The fraction of sp³-hybridized carbons (Fsp3) is 0.400. The monoisotopic (exact) mass is 152 g/mol. The van der Waals surface area contributed by atoms with Gasteiger partial charge in [0.2, 0.25) is 0 Å². The Morgan fingerprint density at radius 2 is 2.00 bits per heavy atom. The molecule has 0 heterocycles. The van der Waals surface area contributed by atoms with Gasteiger partial charge >= 0.3 is 0 Å². The second kappa shape index (κ2) is 4.91. The molecule has 0 saturated heterocycles. The molecule has 0 rings (SSSR count).